The molecule has 2 atom stereocenters. The van der Waals surface area contributed by atoms with Crippen molar-refractivity contribution in [2.75, 3.05) is 0 Å². The van der Waals surface area contributed by atoms with E-state index in [0.717, 1.165) is 34.0 Å². The normalized spacial score (nSPS) is 25.6. The van der Waals surface area contributed by atoms with Crippen LogP contribution in [0.2, 0.25) is 0 Å². The summed E-state index contributed by atoms with van der Waals surface area (Å²) in [4.78, 5) is 23.6. The van der Waals surface area contributed by atoms with Gasteiger partial charge < -0.3 is 0 Å². The third-order valence-corrected chi connectivity index (χ3v) is 4.83. The number of rotatable bonds is 2. The van der Waals surface area contributed by atoms with Crippen LogP contribution in [0.5, 0.6) is 0 Å². The second kappa shape index (κ2) is 5.66. The summed E-state index contributed by atoms with van der Waals surface area (Å²) >= 11 is 0. The smallest absolute Gasteiger partial charge is 0.174 e. The minimum atomic E-state index is 0.00492. The van der Waals surface area contributed by atoms with E-state index in [-0.39, 0.29) is 12.1 Å². The number of aliphatic imine (C=N–C) groups is 4. The highest BCUT2D eigenvalue weighted by atomic mass is 15.1. The quantitative estimate of drug-likeness (QED) is 0.816. The number of pyridine rings is 1. The number of allylic oxidation sites excluding steroid dienone is 4. The Kier molecular flexibility index (Phi) is 3.28. The molecule has 0 N–H and O–H groups in total. The van der Waals surface area contributed by atoms with Crippen molar-refractivity contribution < 1.29 is 0 Å². The van der Waals surface area contributed by atoms with Crippen LogP contribution < -0.4 is 0 Å². The zero-order chi connectivity index (χ0) is 17.7. The van der Waals surface area contributed by atoms with Crippen molar-refractivity contribution in [1.82, 2.24) is 4.98 Å². The molecule has 5 rings (SSSR count). The first-order valence-corrected chi connectivity index (χ1v) is 8.70. The van der Waals surface area contributed by atoms with Gasteiger partial charge in [-0.3, -0.25) is 9.98 Å². The van der Waals surface area contributed by atoms with E-state index in [2.05, 4.69) is 38.2 Å². The van der Waals surface area contributed by atoms with Gasteiger partial charge in [0, 0.05) is 0 Å². The van der Waals surface area contributed by atoms with Gasteiger partial charge in [-0.25, -0.2) is 15.0 Å². The first kappa shape index (κ1) is 15.1. The van der Waals surface area contributed by atoms with E-state index in [9.17, 15) is 0 Å². The fourth-order valence-electron chi connectivity index (χ4n) is 3.43. The van der Waals surface area contributed by atoms with Gasteiger partial charge in [-0.2, -0.15) is 0 Å². The third kappa shape index (κ3) is 2.36. The maximum absolute atomic E-state index is 4.74. The number of fused-ring (bicyclic) bond motifs is 2. The van der Waals surface area contributed by atoms with Crippen molar-refractivity contribution in [2.24, 2.45) is 20.0 Å². The molecule has 1 aromatic heterocycles. The van der Waals surface area contributed by atoms with Crippen LogP contribution in [0.4, 0.5) is 0 Å². The first-order chi connectivity index (χ1) is 12.7. The van der Waals surface area contributed by atoms with Crippen LogP contribution in [0.15, 0.2) is 85.8 Å². The molecular formula is C21H17N5. The van der Waals surface area contributed by atoms with Crippen LogP contribution in [0.25, 0.3) is 0 Å². The fourth-order valence-corrected chi connectivity index (χ4v) is 3.43. The van der Waals surface area contributed by atoms with E-state index >= 15 is 0 Å². The molecule has 3 heterocycles. The molecule has 4 aliphatic rings. The van der Waals surface area contributed by atoms with E-state index in [4.69, 9.17) is 25.0 Å². The van der Waals surface area contributed by atoms with Crippen molar-refractivity contribution in [1.29, 1.82) is 0 Å². The van der Waals surface area contributed by atoms with Gasteiger partial charge in [0.05, 0.1) is 11.4 Å². The number of nitrogens with zero attached hydrogens (tertiary/aromatic N) is 5. The average Bonchev–Trinajstić information content (AvgIpc) is 3.28. The fraction of sp³-hybridized carbons (Fsp3) is 0.190. The zero-order valence-electron chi connectivity index (χ0n) is 14.6. The summed E-state index contributed by atoms with van der Waals surface area (Å²) in [6, 6.07) is 5.85. The molecule has 126 valence electrons. The lowest BCUT2D eigenvalue weighted by Crippen LogP contribution is -2.15. The second-order valence-electron chi connectivity index (χ2n) is 6.67. The van der Waals surface area contributed by atoms with Crippen molar-refractivity contribution >= 4 is 23.1 Å². The minimum absolute atomic E-state index is 0.00492. The molecule has 0 saturated carbocycles. The minimum Gasteiger partial charge on any atom is -0.251 e. The van der Waals surface area contributed by atoms with Gasteiger partial charge in [0.25, 0.3) is 0 Å². The summed E-state index contributed by atoms with van der Waals surface area (Å²) in [6.07, 6.45) is 12.3. The number of hydrogen-bond acceptors (Lipinski definition) is 5. The largest absolute Gasteiger partial charge is 0.251 e. The molecule has 0 bridgehead atoms. The molecule has 2 aliphatic heterocycles. The van der Waals surface area contributed by atoms with Crippen LogP contribution in [-0.2, 0) is 0 Å². The van der Waals surface area contributed by atoms with Gasteiger partial charge in [0.1, 0.15) is 23.5 Å². The predicted octanol–water partition coefficient (Wildman–Crippen LogP) is 3.25. The summed E-state index contributed by atoms with van der Waals surface area (Å²) in [6.45, 7) is 4.12. The molecule has 0 fully saturated rings. The van der Waals surface area contributed by atoms with Gasteiger partial charge in [0.15, 0.2) is 11.7 Å². The molecule has 2 unspecified atom stereocenters. The summed E-state index contributed by atoms with van der Waals surface area (Å²) in [7, 11) is 0. The van der Waals surface area contributed by atoms with E-state index < -0.39 is 0 Å². The van der Waals surface area contributed by atoms with E-state index in [1.54, 1.807) is 0 Å². The molecule has 0 spiro atoms. The Labute approximate surface area is 151 Å². The number of aromatic nitrogens is 1. The summed E-state index contributed by atoms with van der Waals surface area (Å²) in [5.74, 6) is 1.34. The van der Waals surface area contributed by atoms with E-state index in [0.29, 0.717) is 11.7 Å². The Balaban J connectivity index is 1.50. The molecule has 1 aromatic rings. The number of amidine groups is 2. The molecule has 0 aromatic carbocycles. The zero-order valence-corrected chi connectivity index (χ0v) is 14.6. The van der Waals surface area contributed by atoms with Gasteiger partial charge in [-0.15, -0.1) is 0 Å². The maximum Gasteiger partial charge on any atom is 0.174 e. The highest BCUT2D eigenvalue weighted by Gasteiger charge is 2.27. The molecule has 5 heteroatoms. The Morgan fingerprint density at radius 2 is 1.23 bits per heavy atom. The topological polar surface area (TPSA) is 62.3 Å². The molecule has 26 heavy (non-hydrogen) atoms. The Hall–Kier alpha value is -3.21. The average molecular weight is 339 g/mol. The maximum atomic E-state index is 4.74. The lowest BCUT2D eigenvalue weighted by Gasteiger charge is -2.09. The van der Waals surface area contributed by atoms with Crippen LogP contribution in [-0.4, -0.2) is 40.2 Å². The van der Waals surface area contributed by atoms with Crippen LogP contribution in [0, 0.1) is 0 Å². The Morgan fingerprint density at radius 1 is 0.731 bits per heavy atom. The summed E-state index contributed by atoms with van der Waals surface area (Å²) in [5.41, 5.74) is 5.82. The second-order valence-corrected chi connectivity index (χ2v) is 6.67. The Morgan fingerprint density at radius 3 is 1.69 bits per heavy atom. The van der Waals surface area contributed by atoms with Crippen molar-refractivity contribution in [3.05, 3.63) is 77.2 Å². The molecule has 5 nitrogen and oxygen atoms in total. The van der Waals surface area contributed by atoms with Crippen LogP contribution in [0.1, 0.15) is 25.2 Å². The van der Waals surface area contributed by atoms with Gasteiger partial charge in [0.2, 0.25) is 0 Å². The Bertz CT molecular complexity index is 978. The molecular weight excluding hydrogens is 322 g/mol. The third-order valence-electron chi connectivity index (χ3n) is 4.83. The molecule has 2 aliphatic carbocycles. The van der Waals surface area contributed by atoms with Crippen molar-refractivity contribution in [3.63, 3.8) is 0 Å². The predicted molar refractivity (Wildman–Crippen MR) is 106 cm³/mol. The molecule has 0 amide bonds. The monoisotopic (exact) mass is 339 g/mol. The van der Waals surface area contributed by atoms with E-state index in [1.807, 2.05) is 30.4 Å². The van der Waals surface area contributed by atoms with Crippen LogP contribution >= 0.6 is 0 Å². The van der Waals surface area contributed by atoms with Crippen LogP contribution in [0.3, 0.4) is 0 Å². The standard InChI is InChI=1S/C21H17N5/c1-12-6-3-8-14-18(12)25-20(23-14)16-10-5-11-17(22-16)21-24-15-9-4-7-13(2)19(15)26-21/h3-11,14-15H,1-2H3. The van der Waals surface area contributed by atoms with Gasteiger partial charge in [-0.1, -0.05) is 42.5 Å². The lowest BCUT2D eigenvalue weighted by molar-refractivity contribution is 1.08. The summed E-state index contributed by atoms with van der Waals surface area (Å²) in [5, 5.41) is 0. The van der Waals surface area contributed by atoms with Crippen molar-refractivity contribution in [3.8, 4) is 0 Å². The highest BCUT2D eigenvalue weighted by molar-refractivity contribution is 6.21. The van der Waals surface area contributed by atoms with Crippen molar-refractivity contribution in [2.45, 2.75) is 25.9 Å². The SMILES string of the molecule is CC1=CC=CC2N=C(c3cccc(C4=NC5C=CC=C(C)C5=N4)n3)N=C12. The van der Waals surface area contributed by atoms with Gasteiger partial charge >= 0.3 is 0 Å². The molecule has 0 radical (unpaired) electrons. The summed E-state index contributed by atoms with van der Waals surface area (Å²) < 4.78 is 0. The lowest BCUT2D eigenvalue weighted by atomic mass is 10.0. The number of hydrogen-bond donors (Lipinski definition) is 0. The molecule has 0 saturated heterocycles. The van der Waals surface area contributed by atoms with Gasteiger partial charge in [-0.05, 0) is 37.1 Å². The highest BCUT2D eigenvalue weighted by Crippen LogP contribution is 2.23. The first-order valence-electron chi connectivity index (χ1n) is 8.70. The van der Waals surface area contributed by atoms with E-state index in [1.165, 1.54) is 0 Å².